The molecule has 0 spiro atoms. The molecular formula is C18H18N2S. The van der Waals surface area contributed by atoms with Gasteiger partial charge in [0, 0.05) is 28.3 Å². The highest BCUT2D eigenvalue weighted by atomic mass is 32.2. The Kier molecular flexibility index (Phi) is 4.23. The largest absolute Gasteiger partial charge is 0.323 e. The first kappa shape index (κ1) is 14.1. The number of aromatic nitrogens is 1. The number of aryl methyl sites for hydroxylation is 1. The lowest BCUT2D eigenvalue weighted by molar-refractivity contribution is 0.832. The van der Waals surface area contributed by atoms with Gasteiger partial charge in [0.1, 0.15) is 0 Å². The van der Waals surface area contributed by atoms with E-state index in [1.54, 1.807) is 11.8 Å². The summed E-state index contributed by atoms with van der Waals surface area (Å²) in [7, 11) is 0. The monoisotopic (exact) mass is 294 g/mol. The second-order valence-electron chi connectivity index (χ2n) is 5.19. The second-order valence-corrected chi connectivity index (χ2v) is 6.28. The predicted octanol–water partition coefficient (Wildman–Crippen LogP) is 4.34. The van der Waals surface area contributed by atoms with Crippen LogP contribution in [0.2, 0.25) is 0 Å². The third-order valence-corrected chi connectivity index (χ3v) is 4.64. The van der Waals surface area contributed by atoms with Crippen molar-refractivity contribution in [3.63, 3.8) is 0 Å². The van der Waals surface area contributed by atoms with Gasteiger partial charge < -0.3 is 5.73 Å². The summed E-state index contributed by atoms with van der Waals surface area (Å²) in [5, 5.41) is 1.15. The van der Waals surface area contributed by atoms with Crippen molar-refractivity contribution in [3.05, 3.63) is 71.9 Å². The lowest BCUT2D eigenvalue weighted by Crippen LogP contribution is -2.12. The molecule has 2 aromatic carbocycles. The Morgan fingerprint density at radius 3 is 2.71 bits per heavy atom. The molecule has 2 N–H and O–H groups in total. The maximum absolute atomic E-state index is 6.32. The van der Waals surface area contributed by atoms with Crippen LogP contribution in [0.25, 0.3) is 10.9 Å². The van der Waals surface area contributed by atoms with Gasteiger partial charge in [-0.1, -0.05) is 35.9 Å². The first-order valence-corrected chi connectivity index (χ1v) is 8.01. The summed E-state index contributed by atoms with van der Waals surface area (Å²) in [6, 6.07) is 18.9. The lowest BCUT2D eigenvalue weighted by Gasteiger charge is -2.12. The van der Waals surface area contributed by atoms with Crippen LogP contribution in [0.5, 0.6) is 0 Å². The molecule has 1 unspecified atom stereocenters. The normalized spacial score (nSPS) is 12.5. The third kappa shape index (κ3) is 3.43. The van der Waals surface area contributed by atoms with Crippen molar-refractivity contribution in [2.45, 2.75) is 17.9 Å². The average Bonchev–Trinajstić information content (AvgIpc) is 2.53. The summed E-state index contributed by atoms with van der Waals surface area (Å²) in [6.45, 7) is 2.10. The molecule has 2 nitrogen and oxygen atoms in total. The Morgan fingerprint density at radius 2 is 1.90 bits per heavy atom. The summed E-state index contributed by atoms with van der Waals surface area (Å²) >= 11 is 1.79. The molecule has 0 aliphatic heterocycles. The molecule has 0 radical (unpaired) electrons. The van der Waals surface area contributed by atoms with Crippen molar-refractivity contribution in [1.29, 1.82) is 0 Å². The number of thioether (sulfide) groups is 1. The first-order chi connectivity index (χ1) is 10.2. The van der Waals surface area contributed by atoms with Crippen LogP contribution >= 0.6 is 11.8 Å². The van der Waals surface area contributed by atoms with E-state index < -0.39 is 0 Å². The highest BCUT2D eigenvalue weighted by Crippen LogP contribution is 2.25. The summed E-state index contributed by atoms with van der Waals surface area (Å²) < 4.78 is 0. The van der Waals surface area contributed by atoms with Crippen LogP contribution in [-0.2, 0) is 0 Å². The van der Waals surface area contributed by atoms with E-state index in [1.807, 2.05) is 12.3 Å². The van der Waals surface area contributed by atoms with Crippen molar-refractivity contribution < 1.29 is 0 Å². The van der Waals surface area contributed by atoms with Crippen LogP contribution in [0.15, 0.2) is 65.7 Å². The Morgan fingerprint density at radius 1 is 1.10 bits per heavy atom. The first-order valence-electron chi connectivity index (χ1n) is 7.02. The van der Waals surface area contributed by atoms with Gasteiger partial charge in [-0.25, -0.2) is 0 Å². The van der Waals surface area contributed by atoms with Gasteiger partial charge in [0.2, 0.25) is 0 Å². The molecule has 1 atom stereocenters. The molecule has 0 fully saturated rings. The number of benzene rings is 2. The molecule has 0 aliphatic rings. The summed E-state index contributed by atoms with van der Waals surface area (Å²) in [6.07, 6.45) is 1.82. The highest BCUT2D eigenvalue weighted by Gasteiger charge is 2.08. The van der Waals surface area contributed by atoms with E-state index in [4.69, 9.17) is 5.73 Å². The number of rotatable bonds is 4. The van der Waals surface area contributed by atoms with Crippen molar-refractivity contribution >= 4 is 22.7 Å². The molecule has 3 rings (SSSR count). The van der Waals surface area contributed by atoms with Crippen LogP contribution < -0.4 is 5.73 Å². The Bertz CT molecular complexity index is 738. The molecule has 0 saturated heterocycles. The molecule has 0 saturated carbocycles. The van der Waals surface area contributed by atoms with Gasteiger partial charge in [0.25, 0.3) is 0 Å². The number of pyridine rings is 1. The minimum atomic E-state index is 0.0164. The number of hydrogen-bond acceptors (Lipinski definition) is 3. The molecule has 0 aliphatic carbocycles. The maximum atomic E-state index is 6.32. The van der Waals surface area contributed by atoms with Crippen LogP contribution in [0.4, 0.5) is 0 Å². The molecule has 106 valence electrons. The fourth-order valence-electron chi connectivity index (χ4n) is 2.23. The van der Waals surface area contributed by atoms with Crippen molar-refractivity contribution in [2.24, 2.45) is 5.73 Å². The SMILES string of the molecule is Cc1ccc(SCC(N)c2ccc3cccnc3c2)cc1. The van der Waals surface area contributed by atoms with Gasteiger partial charge in [0.15, 0.2) is 0 Å². The molecule has 1 heterocycles. The summed E-state index contributed by atoms with van der Waals surface area (Å²) in [5.74, 6) is 0.863. The number of nitrogens with zero attached hydrogens (tertiary/aromatic N) is 1. The lowest BCUT2D eigenvalue weighted by atomic mass is 10.1. The van der Waals surface area contributed by atoms with Gasteiger partial charge in [-0.3, -0.25) is 4.98 Å². The molecule has 1 aromatic heterocycles. The molecule has 3 aromatic rings. The molecule has 0 bridgehead atoms. The van der Waals surface area contributed by atoms with Crippen LogP contribution in [0.3, 0.4) is 0 Å². The third-order valence-electron chi connectivity index (χ3n) is 3.51. The molecule has 3 heteroatoms. The molecule has 0 amide bonds. The van der Waals surface area contributed by atoms with Gasteiger partial charge >= 0.3 is 0 Å². The van der Waals surface area contributed by atoms with Crippen LogP contribution in [0, 0.1) is 6.92 Å². The van der Waals surface area contributed by atoms with E-state index in [-0.39, 0.29) is 6.04 Å². The zero-order valence-corrected chi connectivity index (χ0v) is 12.8. The van der Waals surface area contributed by atoms with Gasteiger partial charge in [-0.05, 0) is 36.8 Å². The van der Waals surface area contributed by atoms with Crippen molar-refractivity contribution in [1.82, 2.24) is 4.98 Å². The standard InChI is InChI=1S/C18H18N2S/c1-13-4-8-16(9-5-13)21-12-17(19)15-7-6-14-3-2-10-20-18(14)11-15/h2-11,17H,12,19H2,1H3. The van der Waals surface area contributed by atoms with E-state index in [0.717, 1.165) is 22.2 Å². The fraction of sp³-hybridized carbons (Fsp3) is 0.167. The molecule has 21 heavy (non-hydrogen) atoms. The fourth-order valence-corrected chi connectivity index (χ4v) is 3.12. The average molecular weight is 294 g/mol. The minimum absolute atomic E-state index is 0.0164. The van der Waals surface area contributed by atoms with E-state index in [9.17, 15) is 0 Å². The highest BCUT2D eigenvalue weighted by molar-refractivity contribution is 7.99. The topological polar surface area (TPSA) is 38.9 Å². The zero-order valence-electron chi connectivity index (χ0n) is 12.0. The summed E-state index contributed by atoms with van der Waals surface area (Å²) in [4.78, 5) is 5.65. The van der Waals surface area contributed by atoms with Crippen molar-refractivity contribution in [3.8, 4) is 0 Å². The molecular weight excluding hydrogens is 276 g/mol. The number of nitrogens with two attached hydrogens (primary N) is 1. The van der Waals surface area contributed by atoms with Gasteiger partial charge in [-0.2, -0.15) is 0 Å². The van der Waals surface area contributed by atoms with Gasteiger partial charge in [0.05, 0.1) is 5.52 Å². The minimum Gasteiger partial charge on any atom is -0.323 e. The smallest absolute Gasteiger partial charge is 0.0705 e. The van der Waals surface area contributed by atoms with E-state index in [1.165, 1.54) is 10.5 Å². The van der Waals surface area contributed by atoms with Crippen LogP contribution in [0.1, 0.15) is 17.2 Å². The van der Waals surface area contributed by atoms with E-state index in [0.29, 0.717) is 0 Å². The quantitative estimate of drug-likeness (QED) is 0.728. The number of fused-ring (bicyclic) bond motifs is 1. The van der Waals surface area contributed by atoms with E-state index >= 15 is 0 Å². The zero-order chi connectivity index (χ0) is 14.7. The van der Waals surface area contributed by atoms with Crippen molar-refractivity contribution in [2.75, 3.05) is 5.75 Å². The van der Waals surface area contributed by atoms with Gasteiger partial charge in [-0.15, -0.1) is 11.8 Å². The summed E-state index contributed by atoms with van der Waals surface area (Å²) in [5.41, 5.74) is 9.74. The Hall–Kier alpha value is -1.84. The second kappa shape index (κ2) is 6.29. The predicted molar refractivity (Wildman–Crippen MR) is 90.6 cm³/mol. The Labute approximate surface area is 129 Å². The van der Waals surface area contributed by atoms with Crippen LogP contribution in [-0.4, -0.2) is 10.7 Å². The Balaban J connectivity index is 1.71. The number of hydrogen-bond donors (Lipinski definition) is 1. The van der Waals surface area contributed by atoms with E-state index in [2.05, 4.69) is 60.4 Å². The maximum Gasteiger partial charge on any atom is 0.0705 e.